The second-order valence-corrected chi connectivity index (χ2v) is 15.8. The number of esters is 2. The first kappa shape index (κ1) is 62.5. The van der Waals surface area contributed by atoms with Gasteiger partial charge in [-0.3, -0.25) is 9.59 Å². The van der Waals surface area contributed by atoms with E-state index in [9.17, 15) is 14.7 Å². The van der Waals surface area contributed by atoms with E-state index in [1.54, 1.807) is 6.08 Å². The van der Waals surface area contributed by atoms with E-state index in [0.717, 1.165) is 122 Å². The van der Waals surface area contributed by atoms with Crippen molar-refractivity contribution in [3.63, 3.8) is 0 Å². The van der Waals surface area contributed by atoms with Crippen molar-refractivity contribution in [2.75, 3.05) is 13.2 Å². The number of aliphatic hydroxyl groups excluding tert-OH is 1. The molecule has 0 radical (unpaired) electrons. The highest BCUT2D eigenvalue weighted by Gasteiger charge is 2.15. The topological polar surface area (TPSA) is 72.8 Å². The molecule has 0 aliphatic rings. The van der Waals surface area contributed by atoms with Crippen LogP contribution in [0.5, 0.6) is 0 Å². The number of hydrogen-bond acceptors (Lipinski definition) is 5. The monoisotopic (exact) mass is 927 g/mol. The van der Waals surface area contributed by atoms with Crippen molar-refractivity contribution in [3.05, 3.63) is 207 Å². The molecule has 0 saturated carbocycles. The Hall–Kier alpha value is -5.52. The van der Waals surface area contributed by atoms with Gasteiger partial charge in [0.2, 0.25) is 0 Å². The van der Waals surface area contributed by atoms with Crippen molar-refractivity contribution in [2.24, 2.45) is 0 Å². The highest BCUT2D eigenvalue weighted by Crippen LogP contribution is 2.07. The lowest BCUT2D eigenvalue weighted by Gasteiger charge is -2.15. The van der Waals surface area contributed by atoms with Crippen LogP contribution >= 0.6 is 0 Å². The van der Waals surface area contributed by atoms with Gasteiger partial charge in [0.05, 0.1) is 13.0 Å². The molecule has 1 atom stereocenters. The molecule has 0 aromatic heterocycles. The number of allylic oxidation sites excluding steroid dienone is 33. The van der Waals surface area contributed by atoms with E-state index in [1.165, 1.54) is 0 Å². The second kappa shape index (κ2) is 55.8. The van der Waals surface area contributed by atoms with Gasteiger partial charge in [-0.05, 0) is 128 Å². The molecule has 5 nitrogen and oxygen atoms in total. The summed E-state index contributed by atoms with van der Waals surface area (Å²) in [5.74, 6) is -0.812. The Balaban J connectivity index is 3.80. The van der Waals surface area contributed by atoms with Crippen LogP contribution in [0, 0.1) is 0 Å². The molecular weight excluding hydrogens is 837 g/mol. The summed E-state index contributed by atoms with van der Waals surface area (Å²) in [5.41, 5.74) is 0. The number of unbranched alkanes of at least 4 members (excludes halogenated alkanes) is 2. The van der Waals surface area contributed by atoms with Crippen molar-refractivity contribution >= 4 is 11.9 Å². The number of hydrogen-bond donors (Lipinski definition) is 1. The maximum Gasteiger partial charge on any atom is 0.309 e. The number of ether oxygens (including phenoxy) is 2. The van der Waals surface area contributed by atoms with Crippen molar-refractivity contribution in [1.82, 2.24) is 0 Å². The minimum Gasteiger partial charge on any atom is -0.461 e. The minimum absolute atomic E-state index is 0.129. The number of rotatable bonds is 43. The first-order chi connectivity index (χ1) is 33.6. The summed E-state index contributed by atoms with van der Waals surface area (Å²) in [6.45, 7) is 3.75. The van der Waals surface area contributed by atoms with Gasteiger partial charge < -0.3 is 14.6 Å². The van der Waals surface area contributed by atoms with E-state index < -0.39 is 24.6 Å². The van der Waals surface area contributed by atoms with Gasteiger partial charge in [0, 0.05) is 6.42 Å². The third-order valence-corrected chi connectivity index (χ3v) is 9.61. The fourth-order valence-electron chi connectivity index (χ4n) is 5.84. The van der Waals surface area contributed by atoms with Crippen molar-refractivity contribution in [2.45, 2.75) is 161 Å². The molecule has 5 heteroatoms. The summed E-state index contributed by atoms with van der Waals surface area (Å²) in [4.78, 5) is 24.3. The molecule has 0 rings (SSSR count). The Bertz CT molecular complexity index is 1710. The first-order valence-electron chi connectivity index (χ1n) is 25.6. The van der Waals surface area contributed by atoms with Crippen LogP contribution in [0.2, 0.25) is 0 Å². The first-order valence-corrected chi connectivity index (χ1v) is 25.6. The minimum atomic E-state index is -0.852. The van der Waals surface area contributed by atoms with Crippen LogP contribution in [-0.2, 0) is 19.1 Å². The van der Waals surface area contributed by atoms with Crippen LogP contribution in [0.15, 0.2) is 207 Å². The Labute approximate surface area is 415 Å². The maximum atomic E-state index is 12.2. The van der Waals surface area contributed by atoms with Crippen LogP contribution in [0.25, 0.3) is 0 Å². The van der Waals surface area contributed by atoms with Gasteiger partial charge in [-0.1, -0.05) is 220 Å². The predicted molar refractivity (Wildman–Crippen MR) is 296 cm³/mol. The Kier molecular flexibility index (Phi) is 51.3. The van der Waals surface area contributed by atoms with Gasteiger partial charge in [-0.25, -0.2) is 0 Å². The zero-order valence-electron chi connectivity index (χ0n) is 42.3. The van der Waals surface area contributed by atoms with E-state index in [-0.39, 0.29) is 19.4 Å². The molecule has 0 aromatic rings. The number of carbonyl (C=O) groups is 2. The van der Waals surface area contributed by atoms with Gasteiger partial charge in [-0.15, -0.1) is 0 Å². The van der Waals surface area contributed by atoms with Gasteiger partial charge in [0.1, 0.15) is 6.61 Å². The normalized spacial score (nSPS) is 14.0. The van der Waals surface area contributed by atoms with Gasteiger partial charge in [0.25, 0.3) is 0 Å². The van der Waals surface area contributed by atoms with Crippen LogP contribution < -0.4 is 0 Å². The van der Waals surface area contributed by atoms with Crippen LogP contribution in [-0.4, -0.2) is 36.4 Å². The van der Waals surface area contributed by atoms with E-state index in [2.05, 4.69) is 208 Å². The standard InChI is InChI=1S/C63H90O5/c1-3-5-7-9-11-13-15-17-19-20-21-22-23-24-25-26-27-28-29-30-31-32-33-34-35-36-37-38-39-40-41-42-44-46-48-50-52-54-56-58-63(66)68-61(59-64)60-67-62(65)57-55-53-51-49-47-45-43-18-16-14-12-10-8-6-4-2/h5-8,11-14,17-19,21-22,24-25,27-28,30-31,33-34,36-37,39-40,42-44,47-50,53,55,61,64H,3-4,9-10,15-16,20,23,26,29,32,35,38,41,45-46,51-52,54,56-60H2,1-2H3/b7-5-,8-6-,13-11-,14-12-,19-17-,22-21-,25-24-,28-27-,31-30-,34-33-,37-36-,40-39-,43-18-,44-42-,49-47-,50-48-,55-53-. The average Bonchev–Trinajstić information content (AvgIpc) is 3.34. The summed E-state index contributed by atoms with van der Waals surface area (Å²) in [5, 5.41) is 9.58. The van der Waals surface area contributed by atoms with E-state index >= 15 is 0 Å². The number of carbonyl (C=O) groups excluding carboxylic acids is 2. The van der Waals surface area contributed by atoms with Crippen molar-refractivity contribution < 1.29 is 24.2 Å². The Morgan fingerprint density at radius 1 is 0.353 bits per heavy atom. The Morgan fingerprint density at radius 2 is 0.618 bits per heavy atom. The number of aliphatic hydroxyl groups is 1. The van der Waals surface area contributed by atoms with E-state index in [1.807, 2.05) is 6.08 Å². The molecular formula is C63H90O5. The highest BCUT2D eigenvalue weighted by atomic mass is 16.6. The molecule has 0 spiro atoms. The van der Waals surface area contributed by atoms with Crippen LogP contribution in [0.4, 0.5) is 0 Å². The molecule has 0 fully saturated rings. The van der Waals surface area contributed by atoms with Crippen molar-refractivity contribution in [1.29, 1.82) is 0 Å². The predicted octanol–water partition coefficient (Wildman–Crippen LogP) is 17.5. The summed E-state index contributed by atoms with van der Waals surface area (Å²) >= 11 is 0. The third kappa shape index (κ3) is 53.1. The largest absolute Gasteiger partial charge is 0.461 e. The summed E-state index contributed by atoms with van der Waals surface area (Å²) in [6.07, 6.45) is 92.3. The molecule has 372 valence electrons. The lowest BCUT2D eigenvalue weighted by Crippen LogP contribution is -2.28. The molecule has 0 bridgehead atoms. The quantitative estimate of drug-likeness (QED) is 0.0375. The molecule has 0 aliphatic heterocycles. The molecule has 0 aromatic carbocycles. The average molecular weight is 927 g/mol. The Morgan fingerprint density at radius 3 is 0.897 bits per heavy atom. The highest BCUT2D eigenvalue weighted by molar-refractivity contribution is 5.71. The molecule has 0 aliphatic carbocycles. The summed E-state index contributed by atoms with van der Waals surface area (Å²) in [6, 6.07) is 0. The second-order valence-electron chi connectivity index (χ2n) is 15.8. The molecule has 1 N–H and O–H groups in total. The van der Waals surface area contributed by atoms with E-state index in [0.29, 0.717) is 6.42 Å². The fraction of sp³-hybridized carbons (Fsp3) is 0.429. The fourth-order valence-corrected chi connectivity index (χ4v) is 5.84. The SMILES string of the molecule is CC/C=C\C/C=C\C/C=C\C/C=C\C/C=C\C/C=C\C/C=C\C/C=C\C/C=C\C/C=C\C/C=C\C/C=C\CCCCC(=O)OC(CO)COC(=O)C/C=C\C/C=C\C/C=C\C/C=C\C/C=C\CC. The van der Waals surface area contributed by atoms with Crippen LogP contribution in [0.3, 0.4) is 0 Å². The van der Waals surface area contributed by atoms with Crippen LogP contribution in [0.1, 0.15) is 155 Å². The molecule has 0 saturated heterocycles. The van der Waals surface area contributed by atoms with Crippen molar-refractivity contribution in [3.8, 4) is 0 Å². The summed E-state index contributed by atoms with van der Waals surface area (Å²) in [7, 11) is 0. The molecule has 68 heavy (non-hydrogen) atoms. The van der Waals surface area contributed by atoms with Gasteiger partial charge in [-0.2, -0.15) is 0 Å². The van der Waals surface area contributed by atoms with Gasteiger partial charge >= 0.3 is 11.9 Å². The summed E-state index contributed by atoms with van der Waals surface area (Å²) < 4.78 is 10.5. The third-order valence-electron chi connectivity index (χ3n) is 9.61. The van der Waals surface area contributed by atoms with Gasteiger partial charge in [0.15, 0.2) is 6.10 Å². The zero-order chi connectivity index (χ0) is 49.2. The maximum absolute atomic E-state index is 12.2. The molecule has 0 heterocycles. The zero-order valence-corrected chi connectivity index (χ0v) is 42.3. The molecule has 1 unspecified atom stereocenters. The molecule has 0 amide bonds. The van der Waals surface area contributed by atoms with E-state index in [4.69, 9.17) is 9.47 Å². The smallest absolute Gasteiger partial charge is 0.309 e. The lowest BCUT2D eigenvalue weighted by atomic mass is 10.2. The lowest BCUT2D eigenvalue weighted by molar-refractivity contribution is -0.161.